The lowest BCUT2D eigenvalue weighted by atomic mass is 10.3. The molecule has 0 bridgehead atoms. The third kappa shape index (κ3) is 2.85. The van der Waals surface area contributed by atoms with Crippen LogP contribution in [0.1, 0.15) is 19.8 Å². The van der Waals surface area contributed by atoms with E-state index in [1.54, 1.807) is 0 Å². The first-order chi connectivity index (χ1) is 2.93. The molecule has 1 rings (SSSR count). The van der Waals surface area contributed by atoms with Crippen LogP contribution in [-0.2, 0) is 4.84 Å². The van der Waals surface area contributed by atoms with Crippen molar-refractivity contribution in [2.45, 2.75) is 19.8 Å². The van der Waals surface area contributed by atoms with Crippen molar-refractivity contribution in [3.63, 3.8) is 0 Å². The number of rotatable bonds is 2. The standard InChI is InChI=1S/C4H8NO.ClH/c1-2-3-4-5-6-4;/h5H,2-3H2,1H3;1H. The van der Waals surface area contributed by atoms with E-state index in [1.807, 2.05) is 0 Å². The first-order valence-electron chi connectivity index (χ1n) is 2.22. The van der Waals surface area contributed by atoms with Gasteiger partial charge >= 0.3 is 0 Å². The zero-order valence-corrected chi connectivity index (χ0v) is 5.05. The fourth-order valence-electron chi connectivity index (χ4n) is 0.365. The average molecular weight is 123 g/mol. The smallest absolute Gasteiger partial charge is 0.208 e. The number of hydrogen-bond acceptors (Lipinski definition) is 2. The molecule has 1 heterocycles. The highest BCUT2D eigenvalue weighted by Crippen LogP contribution is 2.15. The van der Waals surface area contributed by atoms with E-state index < -0.39 is 0 Å². The van der Waals surface area contributed by atoms with Gasteiger partial charge in [0.1, 0.15) is 0 Å². The fraction of sp³-hybridized carbons (Fsp3) is 0.750. The summed E-state index contributed by atoms with van der Waals surface area (Å²) in [5.74, 6) is 0. The van der Waals surface area contributed by atoms with Crippen LogP contribution in [0, 0.1) is 6.23 Å². The topological polar surface area (TPSA) is 34.5 Å². The Morgan fingerprint density at radius 2 is 2.29 bits per heavy atom. The lowest BCUT2D eigenvalue weighted by Crippen LogP contribution is -1.75. The van der Waals surface area contributed by atoms with Crippen LogP contribution in [0.15, 0.2) is 0 Å². The zero-order chi connectivity index (χ0) is 4.41. The Morgan fingerprint density at radius 3 is 2.43 bits per heavy atom. The van der Waals surface area contributed by atoms with Gasteiger partial charge in [0.15, 0.2) is 0 Å². The van der Waals surface area contributed by atoms with Gasteiger partial charge < -0.3 is 0 Å². The molecule has 0 atom stereocenters. The number of nitrogens with one attached hydrogen (secondary N) is 1. The summed E-state index contributed by atoms with van der Waals surface area (Å²) in [6.45, 7) is 2.12. The van der Waals surface area contributed by atoms with E-state index in [-0.39, 0.29) is 12.4 Å². The third-order valence-corrected chi connectivity index (χ3v) is 0.723. The van der Waals surface area contributed by atoms with Gasteiger partial charge in [-0.3, -0.25) is 4.84 Å². The molecule has 0 aromatic heterocycles. The highest BCUT2D eigenvalue weighted by Gasteiger charge is 2.21. The SMILES string of the molecule is CCC[C]1NO1.Cl. The monoisotopic (exact) mass is 122 g/mol. The molecule has 1 fully saturated rings. The molecule has 0 saturated carbocycles. The van der Waals surface area contributed by atoms with Crippen LogP contribution < -0.4 is 5.48 Å². The summed E-state index contributed by atoms with van der Waals surface area (Å²) < 4.78 is 0. The van der Waals surface area contributed by atoms with Crippen LogP contribution in [0.5, 0.6) is 0 Å². The first kappa shape index (κ1) is 7.21. The van der Waals surface area contributed by atoms with Gasteiger partial charge in [0, 0.05) is 0 Å². The van der Waals surface area contributed by atoms with Gasteiger partial charge in [-0.1, -0.05) is 13.3 Å². The molecule has 2 nitrogen and oxygen atoms in total. The van der Waals surface area contributed by atoms with Crippen molar-refractivity contribution in [3.05, 3.63) is 6.23 Å². The lowest BCUT2D eigenvalue weighted by molar-refractivity contribution is 0.402. The number of hydroxylamine groups is 1. The molecule has 1 aliphatic rings. The van der Waals surface area contributed by atoms with Gasteiger partial charge in [0.05, 0.1) is 0 Å². The zero-order valence-electron chi connectivity index (χ0n) is 4.23. The van der Waals surface area contributed by atoms with Crippen molar-refractivity contribution in [3.8, 4) is 0 Å². The van der Waals surface area contributed by atoms with Gasteiger partial charge in [0.25, 0.3) is 0 Å². The summed E-state index contributed by atoms with van der Waals surface area (Å²) in [5.41, 5.74) is 2.65. The Hall–Kier alpha value is 0.210. The second-order valence-electron chi connectivity index (χ2n) is 1.38. The Bertz CT molecular complexity index is 47.0. The second kappa shape index (κ2) is 3.24. The fourth-order valence-corrected chi connectivity index (χ4v) is 0.365. The summed E-state index contributed by atoms with van der Waals surface area (Å²) >= 11 is 0. The predicted octanol–water partition coefficient (Wildman–Crippen LogP) is 1.23. The maximum absolute atomic E-state index is 4.62. The van der Waals surface area contributed by atoms with E-state index in [9.17, 15) is 0 Å². The van der Waals surface area contributed by atoms with Crippen LogP contribution in [0.4, 0.5) is 0 Å². The van der Waals surface area contributed by atoms with Crippen molar-refractivity contribution in [2.75, 3.05) is 0 Å². The average Bonchev–Trinajstić information content (AvgIpc) is 2.21. The van der Waals surface area contributed by atoms with Gasteiger partial charge in [-0.2, -0.15) is 5.48 Å². The van der Waals surface area contributed by atoms with E-state index >= 15 is 0 Å². The first-order valence-corrected chi connectivity index (χ1v) is 2.22. The van der Waals surface area contributed by atoms with Crippen molar-refractivity contribution in [1.29, 1.82) is 0 Å². The van der Waals surface area contributed by atoms with Crippen LogP contribution in [0.2, 0.25) is 0 Å². The third-order valence-electron chi connectivity index (χ3n) is 0.723. The molecule has 1 N–H and O–H groups in total. The summed E-state index contributed by atoms with van der Waals surface area (Å²) in [6, 6.07) is 0. The van der Waals surface area contributed by atoms with E-state index in [0.717, 1.165) is 12.6 Å². The Balaban J connectivity index is 0.000000360. The molecule has 1 saturated heterocycles. The van der Waals surface area contributed by atoms with Crippen LogP contribution in [0.25, 0.3) is 0 Å². The van der Waals surface area contributed by atoms with Gasteiger partial charge in [-0.05, 0) is 6.42 Å². The molecular weight excluding hydrogens is 114 g/mol. The quantitative estimate of drug-likeness (QED) is 0.559. The molecule has 1 aliphatic heterocycles. The maximum Gasteiger partial charge on any atom is 0.208 e. The highest BCUT2D eigenvalue weighted by molar-refractivity contribution is 5.85. The van der Waals surface area contributed by atoms with E-state index in [1.165, 1.54) is 6.42 Å². The van der Waals surface area contributed by atoms with E-state index in [2.05, 4.69) is 17.2 Å². The van der Waals surface area contributed by atoms with Gasteiger partial charge in [0.2, 0.25) is 6.23 Å². The predicted molar refractivity (Wildman–Crippen MR) is 29.6 cm³/mol. The van der Waals surface area contributed by atoms with Crippen LogP contribution >= 0.6 is 12.4 Å². The number of halogens is 1. The number of hydrogen-bond donors (Lipinski definition) is 1. The van der Waals surface area contributed by atoms with Gasteiger partial charge in [-0.15, -0.1) is 12.4 Å². The summed E-state index contributed by atoms with van der Waals surface area (Å²) in [5, 5.41) is 0. The minimum atomic E-state index is 0. The molecule has 0 aliphatic carbocycles. The van der Waals surface area contributed by atoms with Crippen molar-refractivity contribution in [1.82, 2.24) is 5.48 Å². The second-order valence-corrected chi connectivity index (χ2v) is 1.38. The van der Waals surface area contributed by atoms with Crippen molar-refractivity contribution in [2.24, 2.45) is 0 Å². The molecule has 43 valence electrons. The minimum absolute atomic E-state index is 0. The molecule has 0 aromatic rings. The van der Waals surface area contributed by atoms with Gasteiger partial charge in [-0.25, -0.2) is 0 Å². The van der Waals surface area contributed by atoms with Crippen molar-refractivity contribution < 1.29 is 4.84 Å². The van der Waals surface area contributed by atoms with E-state index in [0.29, 0.717) is 0 Å². The maximum atomic E-state index is 4.62. The molecule has 3 heteroatoms. The van der Waals surface area contributed by atoms with Crippen LogP contribution in [0.3, 0.4) is 0 Å². The normalized spacial score (nSPS) is 18.4. The largest absolute Gasteiger partial charge is 0.270 e. The Kier molecular flexibility index (Phi) is 3.34. The molecule has 0 spiro atoms. The molecule has 0 amide bonds. The molecule has 0 unspecified atom stereocenters. The molecule has 7 heavy (non-hydrogen) atoms. The van der Waals surface area contributed by atoms with Crippen LogP contribution in [-0.4, -0.2) is 0 Å². The molecule has 1 radical (unpaired) electrons. The Labute approximate surface area is 49.6 Å². The highest BCUT2D eigenvalue weighted by atomic mass is 35.5. The summed E-state index contributed by atoms with van der Waals surface area (Å²) in [4.78, 5) is 4.62. The summed E-state index contributed by atoms with van der Waals surface area (Å²) in [7, 11) is 0. The molecular formula is C4H9ClNO. The molecule has 0 aromatic carbocycles. The van der Waals surface area contributed by atoms with E-state index in [4.69, 9.17) is 0 Å². The lowest BCUT2D eigenvalue weighted by Gasteiger charge is -1.75. The summed E-state index contributed by atoms with van der Waals surface area (Å²) in [6.07, 6.45) is 3.28. The minimum Gasteiger partial charge on any atom is -0.270 e. The van der Waals surface area contributed by atoms with Crippen molar-refractivity contribution >= 4 is 12.4 Å². The Morgan fingerprint density at radius 1 is 1.71 bits per heavy atom.